The first-order valence-corrected chi connectivity index (χ1v) is 48.5. The van der Waals surface area contributed by atoms with Gasteiger partial charge in [-0.3, -0.25) is 37.3 Å². The van der Waals surface area contributed by atoms with Crippen LogP contribution in [0.3, 0.4) is 0 Å². The zero-order chi connectivity index (χ0) is 78.5. The van der Waals surface area contributed by atoms with Crippen LogP contribution in [0.5, 0.6) is 0 Å². The Bertz CT molecular complexity index is 2050. The Morgan fingerprint density at radius 2 is 0.430 bits per heavy atom. The molecule has 0 saturated heterocycles. The highest BCUT2D eigenvalue weighted by atomic mass is 31.2. The maximum Gasteiger partial charge on any atom is 0.472 e. The highest BCUT2D eigenvalue weighted by Crippen LogP contribution is 2.45. The largest absolute Gasteiger partial charge is 0.472 e. The Morgan fingerprint density at radius 3 is 0.636 bits per heavy atom. The van der Waals surface area contributed by atoms with Crippen molar-refractivity contribution >= 4 is 39.5 Å². The summed E-state index contributed by atoms with van der Waals surface area (Å²) in [6.07, 6.45) is 72.2. The minimum Gasteiger partial charge on any atom is -0.462 e. The van der Waals surface area contributed by atoms with Gasteiger partial charge in [-0.2, -0.15) is 0 Å². The first-order valence-electron chi connectivity index (χ1n) is 45.5. The van der Waals surface area contributed by atoms with Crippen LogP contribution in [0.25, 0.3) is 0 Å². The average Bonchev–Trinajstić information content (AvgIpc) is 0.903. The monoisotopic (exact) mass is 1560 g/mol. The molecule has 3 N–H and O–H groups in total. The van der Waals surface area contributed by atoms with Crippen molar-refractivity contribution in [2.45, 2.75) is 490 Å². The van der Waals surface area contributed by atoms with Crippen LogP contribution in [0.2, 0.25) is 0 Å². The summed E-state index contributed by atoms with van der Waals surface area (Å²) in [4.78, 5) is 73.3. The van der Waals surface area contributed by atoms with Gasteiger partial charge in [0.2, 0.25) is 0 Å². The molecule has 0 spiro atoms. The zero-order valence-electron chi connectivity index (χ0n) is 70.5. The quantitative estimate of drug-likeness (QED) is 0.0222. The van der Waals surface area contributed by atoms with Gasteiger partial charge in [-0.25, -0.2) is 9.13 Å². The molecule has 0 rings (SSSR count). The molecule has 0 aromatic rings. The molecule has 2 unspecified atom stereocenters. The number of esters is 4. The van der Waals surface area contributed by atoms with Crippen LogP contribution in [0.4, 0.5) is 0 Å². The highest BCUT2D eigenvalue weighted by molar-refractivity contribution is 7.47. The van der Waals surface area contributed by atoms with Crippen molar-refractivity contribution in [1.82, 2.24) is 0 Å². The van der Waals surface area contributed by atoms with Gasteiger partial charge in [0.1, 0.15) is 19.3 Å². The standard InChI is InChI=1S/C88H172O17P2/c1-7-9-11-13-15-17-19-21-22-23-24-25-29-32-36-40-47-53-59-65-71-86(91)99-76-83(104-87(92)72-66-60-54-48-41-37-33-30-27-26-28-31-35-38-44-50-56-62-68-80(3)4)78-102-106(94,95)100-74-82(89)75-101-107(96,97)103-79-84(105-88(93)73-67-61-55-49-43-42-45-51-57-63-69-81(5)6)77-98-85(90)70-64-58-52-46-39-34-20-18-16-14-12-10-8-2/h80-84,89H,7-79H2,1-6H3,(H,94,95)(H,96,97)/t82-,83-,84-/m1/s1. The first-order chi connectivity index (χ1) is 51.9. The molecule has 5 atom stereocenters. The third-order valence-electron chi connectivity index (χ3n) is 20.7. The third kappa shape index (κ3) is 81.9. The lowest BCUT2D eigenvalue weighted by Crippen LogP contribution is -2.30. The van der Waals surface area contributed by atoms with Gasteiger partial charge in [0.25, 0.3) is 0 Å². The van der Waals surface area contributed by atoms with Gasteiger partial charge >= 0.3 is 39.5 Å². The Kier molecular flexibility index (Phi) is 77.9. The van der Waals surface area contributed by atoms with E-state index in [9.17, 15) is 43.2 Å². The maximum atomic E-state index is 13.2. The molecule has 0 aromatic carbocycles. The Hall–Kier alpha value is -1.94. The van der Waals surface area contributed by atoms with E-state index in [1.165, 1.54) is 289 Å². The number of carbonyl (C=O) groups is 4. The van der Waals surface area contributed by atoms with E-state index < -0.39 is 97.5 Å². The number of aliphatic hydroxyl groups is 1. The predicted octanol–water partition coefficient (Wildman–Crippen LogP) is 27.0. The summed E-state index contributed by atoms with van der Waals surface area (Å²) in [6.45, 7) is 9.71. The van der Waals surface area contributed by atoms with Crippen molar-refractivity contribution in [2.24, 2.45) is 11.8 Å². The number of aliphatic hydroxyl groups excluding tert-OH is 1. The minimum atomic E-state index is -4.97. The van der Waals surface area contributed by atoms with Crippen LogP contribution in [0, 0.1) is 11.8 Å². The van der Waals surface area contributed by atoms with Crippen molar-refractivity contribution in [3.8, 4) is 0 Å². The van der Waals surface area contributed by atoms with Crippen molar-refractivity contribution < 1.29 is 80.2 Å². The number of hydrogen-bond acceptors (Lipinski definition) is 15. The van der Waals surface area contributed by atoms with Crippen molar-refractivity contribution in [1.29, 1.82) is 0 Å². The first kappa shape index (κ1) is 105. The third-order valence-corrected chi connectivity index (χ3v) is 22.6. The molecule has 17 nitrogen and oxygen atoms in total. The topological polar surface area (TPSA) is 237 Å². The number of phosphoric ester groups is 2. The molecule has 0 aliphatic rings. The van der Waals surface area contributed by atoms with Gasteiger partial charge in [-0.05, 0) is 37.5 Å². The molecule has 0 heterocycles. The average molecular weight is 1560 g/mol. The van der Waals surface area contributed by atoms with Crippen LogP contribution in [0.15, 0.2) is 0 Å². The van der Waals surface area contributed by atoms with E-state index in [1.54, 1.807) is 0 Å². The smallest absolute Gasteiger partial charge is 0.462 e. The number of phosphoric acid groups is 2. The number of ether oxygens (including phenoxy) is 4. The van der Waals surface area contributed by atoms with Gasteiger partial charge in [-0.1, -0.05) is 420 Å². The molecular weight excluding hydrogens is 1390 g/mol. The van der Waals surface area contributed by atoms with E-state index in [0.29, 0.717) is 25.7 Å². The lowest BCUT2D eigenvalue weighted by Gasteiger charge is -2.21. The molecule has 0 saturated carbocycles. The normalized spacial score (nSPS) is 13.8. The van der Waals surface area contributed by atoms with E-state index in [2.05, 4.69) is 41.5 Å². The maximum absolute atomic E-state index is 13.2. The Morgan fingerprint density at radius 1 is 0.252 bits per heavy atom. The van der Waals surface area contributed by atoms with Gasteiger partial charge in [-0.15, -0.1) is 0 Å². The minimum absolute atomic E-state index is 0.107. The number of carbonyl (C=O) groups excluding carboxylic acids is 4. The second-order valence-electron chi connectivity index (χ2n) is 32.6. The summed E-state index contributed by atoms with van der Waals surface area (Å²) in [5, 5.41) is 10.7. The van der Waals surface area contributed by atoms with E-state index >= 15 is 0 Å². The molecule has 0 fully saturated rings. The van der Waals surface area contributed by atoms with Crippen LogP contribution in [-0.2, 0) is 65.4 Å². The summed E-state index contributed by atoms with van der Waals surface area (Å²) in [7, 11) is -9.93. The SMILES string of the molecule is CCCCCCCCCCCCCCCCCCCCCCC(=O)OC[C@H](COP(=O)(O)OC[C@@H](O)COP(=O)(O)OC[C@@H](COC(=O)CCCCCCCCCCCCCCC)OC(=O)CCCCCCCCCCCCC(C)C)OC(=O)CCCCCCCCCCCCCCCCCCCCC(C)C. The van der Waals surface area contributed by atoms with Crippen LogP contribution in [0.1, 0.15) is 472 Å². The molecule has 107 heavy (non-hydrogen) atoms. The fourth-order valence-electron chi connectivity index (χ4n) is 13.8. The van der Waals surface area contributed by atoms with E-state index in [-0.39, 0.29) is 25.7 Å². The van der Waals surface area contributed by atoms with E-state index in [4.69, 9.17) is 37.0 Å². The lowest BCUT2D eigenvalue weighted by molar-refractivity contribution is -0.161. The Balaban J connectivity index is 5.24. The number of hydrogen-bond donors (Lipinski definition) is 3. The lowest BCUT2D eigenvalue weighted by atomic mass is 10.0. The summed E-state index contributed by atoms with van der Waals surface area (Å²) in [5.74, 6) is -0.527. The zero-order valence-corrected chi connectivity index (χ0v) is 72.2. The highest BCUT2D eigenvalue weighted by Gasteiger charge is 2.30. The predicted molar refractivity (Wildman–Crippen MR) is 442 cm³/mol. The molecule has 0 aromatic heterocycles. The molecular formula is C88H172O17P2. The molecule has 636 valence electrons. The molecule has 19 heteroatoms. The number of rotatable bonds is 87. The van der Waals surface area contributed by atoms with Crippen molar-refractivity contribution in [3.05, 3.63) is 0 Å². The number of unbranched alkanes of at least 4 members (excludes halogenated alkanes) is 57. The summed E-state index contributed by atoms with van der Waals surface area (Å²) < 4.78 is 69.0. The van der Waals surface area contributed by atoms with Gasteiger partial charge < -0.3 is 33.8 Å². The molecule has 0 bridgehead atoms. The second kappa shape index (κ2) is 79.3. The van der Waals surface area contributed by atoms with E-state index in [1.807, 2.05) is 0 Å². The Labute approximate surface area is 658 Å². The summed E-state index contributed by atoms with van der Waals surface area (Å²) in [5.41, 5.74) is 0. The fraction of sp³-hybridized carbons (Fsp3) is 0.955. The second-order valence-corrected chi connectivity index (χ2v) is 35.5. The van der Waals surface area contributed by atoms with Gasteiger partial charge in [0.15, 0.2) is 12.2 Å². The van der Waals surface area contributed by atoms with Crippen LogP contribution >= 0.6 is 15.6 Å². The molecule has 0 radical (unpaired) electrons. The molecule has 0 aliphatic heterocycles. The summed E-state index contributed by atoms with van der Waals surface area (Å²) in [6, 6.07) is 0. The molecule has 0 aliphatic carbocycles. The van der Waals surface area contributed by atoms with Crippen molar-refractivity contribution in [2.75, 3.05) is 39.6 Å². The summed E-state index contributed by atoms with van der Waals surface area (Å²) >= 11 is 0. The van der Waals surface area contributed by atoms with E-state index in [0.717, 1.165) is 102 Å². The van der Waals surface area contributed by atoms with Gasteiger partial charge in [0, 0.05) is 25.7 Å². The van der Waals surface area contributed by atoms with Crippen LogP contribution in [-0.4, -0.2) is 96.7 Å². The van der Waals surface area contributed by atoms with Crippen molar-refractivity contribution in [3.63, 3.8) is 0 Å². The van der Waals surface area contributed by atoms with Gasteiger partial charge in [0.05, 0.1) is 26.4 Å². The molecule has 0 amide bonds. The van der Waals surface area contributed by atoms with Crippen LogP contribution < -0.4 is 0 Å². The fourth-order valence-corrected chi connectivity index (χ4v) is 15.4.